The standard InChI is InChI=1S/C14H17F2NO2/c1-9-2-4-10(5-3-9)8-19-14(18)12-11(15)6-7-17-13(12)16/h2-5,11-13,17H,6-8H2,1H3. The van der Waals surface area contributed by atoms with E-state index in [9.17, 15) is 13.6 Å². The summed E-state index contributed by atoms with van der Waals surface area (Å²) >= 11 is 0. The summed E-state index contributed by atoms with van der Waals surface area (Å²) in [6.45, 7) is 2.23. The zero-order valence-electron chi connectivity index (χ0n) is 10.7. The van der Waals surface area contributed by atoms with Gasteiger partial charge in [0.25, 0.3) is 0 Å². The van der Waals surface area contributed by atoms with Gasteiger partial charge < -0.3 is 4.74 Å². The smallest absolute Gasteiger partial charge is 0.316 e. The molecule has 0 bridgehead atoms. The highest BCUT2D eigenvalue weighted by molar-refractivity contribution is 5.74. The first-order valence-corrected chi connectivity index (χ1v) is 6.31. The van der Waals surface area contributed by atoms with Gasteiger partial charge in [-0.3, -0.25) is 10.1 Å². The van der Waals surface area contributed by atoms with Crippen LogP contribution in [0, 0.1) is 12.8 Å². The molecule has 1 aromatic carbocycles. The fourth-order valence-electron chi connectivity index (χ4n) is 2.05. The van der Waals surface area contributed by atoms with Crippen LogP contribution in [-0.2, 0) is 16.1 Å². The molecule has 1 fully saturated rings. The van der Waals surface area contributed by atoms with Crippen molar-refractivity contribution in [2.45, 2.75) is 32.4 Å². The number of halogens is 2. The molecule has 1 heterocycles. The first-order valence-electron chi connectivity index (χ1n) is 6.31. The number of piperidine rings is 1. The summed E-state index contributed by atoms with van der Waals surface area (Å²) in [6, 6.07) is 7.42. The maximum atomic E-state index is 13.5. The topological polar surface area (TPSA) is 38.3 Å². The predicted molar refractivity (Wildman–Crippen MR) is 66.9 cm³/mol. The van der Waals surface area contributed by atoms with Gasteiger partial charge in [0.05, 0.1) is 0 Å². The Kier molecular flexibility index (Phi) is 4.47. The maximum Gasteiger partial charge on any atom is 0.316 e. The number of hydrogen-bond acceptors (Lipinski definition) is 3. The van der Waals surface area contributed by atoms with Crippen molar-refractivity contribution in [2.24, 2.45) is 5.92 Å². The van der Waals surface area contributed by atoms with Gasteiger partial charge in [-0.1, -0.05) is 29.8 Å². The van der Waals surface area contributed by atoms with E-state index < -0.39 is 24.4 Å². The number of benzene rings is 1. The first-order chi connectivity index (χ1) is 9.08. The van der Waals surface area contributed by atoms with Gasteiger partial charge >= 0.3 is 5.97 Å². The Morgan fingerprint density at radius 2 is 2.05 bits per heavy atom. The third-order valence-electron chi connectivity index (χ3n) is 3.24. The molecular weight excluding hydrogens is 252 g/mol. The molecule has 1 N–H and O–H groups in total. The van der Waals surface area contributed by atoms with Gasteiger partial charge in [-0.05, 0) is 18.9 Å². The van der Waals surface area contributed by atoms with E-state index in [2.05, 4.69) is 5.32 Å². The summed E-state index contributed by atoms with van der Waals surface area (Å²) in [6.07, 6.45) is -3.03. The number of nitrogens with one attached hydrogen (secondary N) is 1. The van der Waals surface area contributed by atoms with Crippen molar-refractivity contribution in [3.8, 4) is 0 Å². The SMILES string of the molecule is Cc1ccc(COC(=O)C2C(F)CCNC2F)cc1. The van der Waals surface area contributed by atoms with Gasteiger partial charge in [0.2, 0.25) is 0 Å². The highest BCUT2D eigenvalue weighted by Gasteiger charge is 2.40. The lowest BCUT2D eigenvalue weighted by Crippen LogP contribution is -2.48. The molecule has 1 aromatic rings. The van der Waals surface area contributed by atoms with Crippen LogP contribution in [0.4, 0.5) is 8.78 Å². The quantitative estimate of drug-likeness (QED) is 0.676. The van der Waals surface area contributed by atoms with Gasteiger partial charge in [-0.25, -0.2) is 8.78 Å². The lowest BCUT2D eigenvalue weighted by Gasteiger charge is -2.28. The van der Waals surface area contributed by atoms with Crippen LogP contribution in [0.2, 0.25) is 0 Å². The lowest BCUT2D eigenvalue weighted by atomic mass is 9.96. The maximum absolute atomic E-state index is 13.5. The van der Waals surface area contributed by atoms with Crippen LogP contribution in [0.3, 0.4) is 0 Å². The molecule has 5 heteroatoms. The normalized spacial score (nSPS) is 27.0. The van der Waals surface area contributed by atoms with Crippen LogP contribution in [0.5, 0.6) is 0 Å². The number of aryl methyl sites for hydroxylation is 1. The Labute approximate surface area is 111 Å². The van der Waals surface area contributed by atoms with Crippen LogP contribution in [-0.4, -0.2) is 25.0 Å². The van der Waals surface area contributed by atoms with E-state index in [1.165, 1.54) is 0 Å². The molecule has 0 aromatic heterocycles. The van der Waals surface area contributed by atoms with Crippen molar-refractivity contribution in [2.75, 3.05) is 6.54 Å². The minimum atomic E-state index is -1.67. The second-order valence-corrected chi connectivity index (χ2v) is 4.78. The van der Waals surface area contributed by atoms with Crippen molar-refractivity contribution >= 4 is 5.97 Å². The largest absolute Gasteiger partial charge is 0.460 e. The van der Waals surface area contributed by atoms with Gasteiger partial charge in [0.1, 0.15) is 18.7 Å². The number of esters is 1. The molecule has 0 saturated carbocycles. The van der Waals surface area contributed by atoms with Gasteiger partial charge in [0, 0.05) is 6.54 Å². The monoisotopic (exact) mass is 269 g/mol. The van der Waals surface area contributed by atoms with Crippen LogP contribution < -0.4 is 5.32 Å². The predicted octanol–water partition coefficient (Wildman–Crippen LogP) is 2.28. The van der Waals surface area contributed by atoms with E-state index in [-0.39, 0.29) is 19.6 Å². The van der Waals surface area contributed by atoms with Crippen LogP contribution in [0.25, 0.3) is 0 Å². The molecule has 3 atom stereocenters. The summed E-state index contributed by atoms with van der Waals surface area (Å²) in [7, 11) is 0. The van der Waals surface area contributed by atoms with E-state index >= 15 is 0 Å². The molecule has 1 aliphatic heterocycles. The minimum Gasteiger partial charge on any atom is -0.460 e. The molecule has 104 valence electrons. The molecule has 0 spiro atoms. The molecule has 0 radical (unpaired) electrons. The second-order valence-electron chi connectivity index (χ2n) is 4.78. The summed E-state index contributed by atoms with van der Waals surface area (Å²) in [5, 5.41) is 2.44. The molecule has 0 aliphatic carbocycles. The number of carbonyl (C=O) groups excluding carboxylic acids is 1. The number of alkyl halides is 2. The van der Waals surface area contributed by atoms with Crippen LogP contribution >= 0.6 is 0 Å². The Morgan fingerprint density at radius 3 is 2.68 bits per heavy atom. The molecular formula is C14H17F2NO2. The summed E-state index contributed by atoms with van der Waals surface area (Å²) in [5.41, 5.74) is 1.90. The highest BCUT2D eigenvalue weighted by Crippen LogP contribution is 2.23. The van der Waals surface area contributed by atoms with Gasteiger partial charge in [0.15, 0.2) is 6.30 Å². The number of rotatable bonds is 3. The van der Waals surface area contributed by atoms with Crippen molar-refractivity contribution in [1.29, 1.82) is 0 Å². The van der Waals surface area contributed by atoms with E-state index in [0.717, 1.165) is 11.1 Å². The van der Waals surface area contributed by atoms with E-state index in [1.54, 1.807) is 0 Å². The van der Waals surface area contributed by atoms with Crippen molar-refractivity contribution < 1.29 is 18.3 Å². The molecule has 3 nitrogen and oxygen atoms in total. The van der Waals surface area contributed by atoms with Crippen LogP contribution in [0.1, 0.15) is 17.5 Å². The molecule has 1 saturated heterocycles. The fourth-order valence-corrected chi connectivity index (χ4v) is 2.05. The zero-order chi connectivity index (χ0) is 13.8. The minimum absolute atomic E-state index is 0.0368. The molecule has 0 amide bonds. The number of ether oxygens (including phenoxy) is 1. The van der Waals surface area contributed by atoms with E-state index in [0.29, 0.717) is 0 Å². The van der Waals surface area contributed by atoms with Crippen molar-refractivity contribution in [3.63, 3.8) is 0 Å². The van der Waals surface area contributed by atoms with Crippen LogP contribution in [0.15, 0.2) is 24.3 Å². The van der Waals surface area contributed by atoms with E-state index in [4.69, 9.17) is 4.74 Å². The Balaban J connectivity index is 1.91. The summed E-state index contributed by atoms with van der Waals surface area (Å²) in [5.74, 6) is -2.19. The number of hydrogen-bond donors (Lipinski definition) is 1. The summed E-state index contributed by atoms with van der Waals surface area (Å²) in [4.78, 5) is 11.7. The van der Waals surface area contributed by atoms with Gasteiger partial charge in [-0.2, -0.15) is 0 Å². The summed E-state index contributed by atoms with van der Waals surface area (Å²) < 4.78 is 32.0. The molecule has 3 unspecified atom stereocenters. The second kappa shape index (κ2) is 6.10. The Morgan fingerprint density at radius 1 is 1.37 bits per heavy atom. The first kappa shape index (κ1) is 13.9. The van der Waals surface area contributed by atoms with E-state index in [1.807, 2.05) is 31.2 Å². The Hall–Kier alpha value is -1.49. The zero-order valence-corrected chi connectivity index (χ0v) is 10.7. The average molecular weight is 269 g/mol. The Bertz CT molecular complexity index is 426. The fraction of sp³-hybridized carbons (Fsp3) is 0.500. The molecule has 19 heavy (non-hydrogen) atoms. The highest BCUT2D eigenvalue weighted by atomic mass is 19.1. The third kappa shape index (κ3) is 3.50. The average Bonchev–Trinajstić information content (AvgIpc) is 2.38. The molecule has 2 rings (SSSR count). The van der Waals surface area contributed by atoms with Crippen molar-refractivity contribution in [3.05, 3.63) is 35.4 Å². The van der Waals surface area contributed by atoms with Crippen molar-refractivity contribution in [1.82, 2.24) is 5.32 Å². The molecule has 1 aliphatic rings. The van der Waals surface area contributed by atoms with Gasteiger partial charge in [-0.15, -0.1) is 0 Å². The third-order valence-corrected chi connectivity index (χ3v) is 3.24. The number of carbonyl (C=O) groups is 1. The lowest BCUT2D eigenvalue weighted by molar-refractivity contribution is -0.157.